The van der Waals surface area contributed by atoms with Gasteiger partial charge in [-0.15, -0.1) is 0 Å². The van der Waals surface area contributed by atoms with Crippen LogP contribution in [0.2, 0.25) is 0 Å². The maximum Gasteiger partial charge on any atom is 0.271 e. The maximum absolute atomic E-state index is 14.0. The molecule has 0 saturated heterocycles. The SMILES string of the molecule is CCC(C)(C(F)F)C(F)(F)C(C)(C)C(=O)Cl. The van der Waals surface area contributed by atoms with Crippen molar-refractivity contribution in [3.63, 3.8) is 0 Å². The Morgan fingerprint density at radius 3 is 1.81 bits per heavy atom. The van der Waals surface area contributed by atoms with Gasteiger partial charge in [-0.25, -0.2) is 17.6 Å². The van der Waals surface area contributed by atoms with E-state index in [1.54, 1.807) is 0 Å². The Labute approximate surface area is 97.2 Å². The predicted octanol–water partition coefficient (Wildman–Crippen LogP) is 4.09. The van der Waals surface area contributed by atoms with Crippen LogP contribution in [-0.4, -0.2) is 17.6 Å². The molecule has 16 heavy (non-hydrogen) atoms. The van der Waals surface area contributed by atoms with Crippen molar-refractivity contribution in [2.24, 2.45) is 10.8 Å². The van der Waals surface area contributed by atoms with E-state index in [-0.39, 0.29) is 0 Å². The standard InChI is InChI=1S/C10H15ClF4O/c1-5-9(4,7(12)13)10(14,15)8(2,3)6(11)16/h7H,5H2,1-4H3. The van der Waals surface area contributed by atoms with Crippen LogP contribution in [0.25, 0.3) is 0 Å². The zero-order chi connectivity index (χ0) is 13.4. The first-order valence-corrected chi connectivity index (χ1v) is 5.18. The Bertz CT molecular complexity index is 278. The number of alkyl halides is 4. The molecule has 0 aromatic carbocycles. The Kier molecular flexibility index (Phi) is 4.42. The van der Waals surface area contributed by atoms with E-state index in [1.807, 2.05) is 0 Å². The zero-order valence-electron chi connectivity index (χ0n) is 9.58. The van der Waals surface area contributed by atoms with E-state index in [2.05, 4.69) is 0 Å². The fraction of sp³-hybridized carbons (Fsp3) is 0.900. The molecule has 96 valence electrons. The summed E-state index contributed by atoms with van der Waals surface area (Å²) in [7, 11) is 0. The van der Waals surface area contributed by atoms with Crippen LogP contribution < -0.4 is 0 Å². The Balaban J connectivity index is 5.57. The van der Waals surface area contributed by atoms with E-state index in [9.17, 15) is 22.4 Å². The van der Waals surface area contributed by atoms with E-state index in [4.69, 9.17) is 11.6 Å². The van der Waals surface area contributed by atoms with Gasteiger partial charge in [0.05, 0.1) is 5.41 Å². The largest absolute Gasteiger partial charge is 0.280 e. The molecule has 0 bridgehead atoms. The third kappa shape index (κ3) is 2.06. The lowest BCUT2D eigenvalue weighted by Gasteiger charge is -2.43. The molecule has 0 saturated carbocycles. The second-order valence-electron chi connectivity index (χ2n) is 4.54. The summed E-state index contributed by atoms with van der Waals surface area (Å²) in [5.41, 5.74) is -4.89. The molecule has 0 fully saturated rings. The molecule has 0 aliphatic heterocycles. The zero-order valence-corrected chi connectivity index (χ0v) is 10.3. The summed E-state index contributed by atoms with van der Waals surface area (Å²) in [4.78, 5) is 10.9. The predicted molar refractivity (Wildman–Crippen MR) is 54.0 cm³/mol. The minimum atomic E-state index is -3.89. The fourth-order valence-corrected chi connectivity index (χ4v) is 1.47. The first-order valence-electron chi connectivity index (χ1n) is 4.81. The fourth-order valence-electron chi connectivity index (χ4n) is 1.35. The van der Waals surface area contributed by atoms with Gasteiger partial charge in [-0.05, 0) is 38.8 Å². The first kappa shape index (κ1) is 15.7. The minimum absolute atomic E-state index is 0.453. The van der Waals surface area contributed by atoms with Crippen LogP contribution in [-0.2, 0) is 4.79 Å². The molecular formula is C10H15ClF4O. The molecule has 0 heterocycles. The third-order valence-electron chi connectivity index (χ3n) is 3.21. The van der Waals surface area contributed by atoms with Crippen molar-refractivity contribution in [1.82, 2.24) is 0 Å². The molecule has 1 atom stereocenters. The van der Waals surface area contributed by atoms with Crippen LogP contribution in [0, 0.1) is 10.8 Å². The number of hydrogen-bond donors (Lipinski definition) is 0. The van der Waals surface area contributed by atoms with E-state index in [1.165, 1.54) is 6.92 Å². The van der Waals surface area contributed by atoms with Gasteiger partial charge in [0.25, 0.3) is 5.92 Å². The summed E-state index contributed by atoms with van der Waals surface area (Å²) in [5, 5.41) is -1.32. The van der Waals surface area contributed by atoms with Gasteiger partial charge in [-0.2, -0.15) is 0 Å². The molecule has 1 nitrogen and oxygen atoms in total. The average Bonchev–Trinajstić information content (AvgIpc) is 2.15. The van der Waals surface area contributed by atoms with E-state index >= 15 is 0 Å². The van der Waals surface area contributed by atoms with Gasteiger partial charge in [0.1, 0.15) is 5.41 Å². The molecule has 6 heteroatoms. The number of hydrogen-bond acceptors (Lipinski definition) is 1. The summed E-state index contributed by atoms with van der Waals surface area (Å²) in [6, 6.07) is 0. The van der Waals surface area contributed by atoms with Gasteiger partial charge >= 0.3 is 0 Å². The molecule has 0 aliphatic carbocycles. The second-order valence-corrected chi connectivity index (χ2v) is 4.89. The van der Waals surface area contributed by atoms with E-state index < -0.39 is 34.8 Å². The van der Waals surface area contributed by atoms with Gasteiger partial charge < -0.3 is 0 Å². The summed E-state index contributed by atoms with van der Waals surface area (Å²) >= 11 is 5.06. The molecule has 1 unspecified atom stereocenters. The molecule has 0 aromatic rings. The maximum atomic E-state index is 14.0. The van der Waals surface area contributed by atoms with E-state index in [0.29, 0.717) is 0 Å². The number of halogens is 5. The van der Waals surface area contributed by atoms with Crippen LogP contribution in [0.5, 0.6) is 0 Å². The van der Waals surface area contributed by atoms with Crippen LogP contribution >= 0.6 is 11.6 Å². The van der Waals surface area contributed by atoms with Crippen LogP contribution in [0.1, 0.15) is 34.1 Å². The average molecular weight is 263 g/mol. The molecule has 0 N–H and O–H groups in total. The summed E-state index contributed by atoms with van der Waals surface area (Å²) < 4.78 is 53.4. The molecule has 0 rings (SSSR count). The van der Waals surface area contributed by atoms with Gasteiger partial charge in [0, 0.05) is 0 Å². The minimum Gasteiger partial charge on any atom is -0.280 e. The number of carbonyl (C=O) groups is 1. The molecule has 0 aliphatic rings. The highest BCUT2D eigenvalue weighted by Gasteiger charge is 2.65. The van der Waals surface area contributed by atoms with Crippen LogP contribution in [0.3, 0.4) is 0 Å². The van der Waals surface area contributed by atoms with Crippen molar-refractivity contribution in [2.45, 2.75) is 46.5 Å². The van der Waals surface area contributed by atoms with Crippen molar-refractivity contribution in [2.75, 3.05) is 0 Å². The Morgan fingerprint density at radius 2 is 1.62 bits per heavy atom. The molecule has 0 aromatic heterocycles. The van der Waals surface area contributed by atoms with Gasteiger partial charge in [0.2, 0.25) is 11.7 Å². The Hall–Kier alpha value is -0.320. The molecule has 0 radical (unpaired) electrons. The van der Waals surface area contributed by atoms with Crippen LogP contribution in [0.15, 0.2) is 0 Å². The molecule has 0 amide bonds. The lowest BCUT2D eigenvalue weighted by atomic mass is 9.69. The quantitative estimate of drug-likeness (QED) is 0.539. The van der Waals surface area contributed by atoms with Gasteiger partial charge in [-0.3, -0.25) is 4.79 Å². The molecule has 0 spiro atoms. The Morgan fingerprint density at radius 1 is 1.25 bits per heavy atom. The van der Waals surface area contributed by atoms with Crippen molar-refractivity contribution in [3.8, 4) is 0 Å². The smallest absolute Gasteiger partial charge is 0.271 e. The van der Waals surface area contributed by atoms with Gasteiger partial charge in [0.15, 0.2) is 0 Å². The number of carbonyl (C=O) groups excluding carboxylic acids is 1. The summed E-state index contributed by atoms with van der Waals surface area (Å²) in [6.45, 7) is 3.74. The summed E-state index contributed by atoms with van der Waals surface area (Å²) in [5.74, 6) is -3.89. The van der Waals surface area contributed by atoms with Crippen LogP contribution in [0.4, 0.5) is 17.6 Å². The third-order valence-corrected chi connectivity index (χ3v) is 3.68. The lowest BCUT2D eigenvalue weighted by Crippen LogP contribution is -2.55. The monoisotopic (exact) mass is 262 g/mol. The van der Waals surface area contributed by atoms with Crippen molar-refractivity contribution >= 4 is 16.8 Å². The highest BCUT2D eigenvalue weighted by atomic mass is 35.5. The van der Waals surface area contributed by atoms with Crippen molar-refractivity contribution < 1.29 is 22.4 Å². The summed E-state index contributed by atoms with van der Waals surface area (Å²) in [6.07, 6.45) is -3.69. The van der Waals surface area contributed by atoms with Crippen molar-refractivity contribution in [3.05, 3.63) is 0 Å². The normalized spacial score (nSPS) is 17.4. The number of rotatable bonds is 5. The molecular weight excluding hydrogens is 248 g/mol. The van der Waals surface area contributed by atoms with E-state index in [0.717, 1.165) is 20.8 Å². The van der Waals surface area contributed by atoms with Crippen molar-refractivity contribution in [1.29, 1.82) is 0 Å². The second kappa shape index (κ2) is 4.51. The highest BCUT2D eigenvalue weighted by molar-refractivity contribution is 6.64. The topological polar surface area (TPSA) is 17.1 Å². The lowest BCUT2D eigenvalue weighted by molar-refractivity contribution is -0.229. The van der Waals surface area contributed by atoms with Gasteiger partial charge in [-0.1, -0.05) is 6.92 Å². The first-order chi connectivity index (χ1) is 6.95. The highest BCUT2D eigenvalue weighted by Crippen LogP contribution is 2.54.